The predicted octanol–water partition coefficient (Wildman–Crippen LogP) is 3.82. The number of fused-ring (bicyclic) bond motifs is 4. The number of hydrogen-bond acceptors (Lipinski definition) is 7. The molecule has 0 aliphatic rings. The van der Waals surface area contributed by atoms with E-state index in [2.05, 4.69) is 15.1 Å². The molecule has 4 heterocycles. The number of benzene rings is 2. The van der Waals surface area contributed by atoms with E-state index in [0.29, 0.717) is 46.2 Å². The number of methoxy groups -OCH3 is 1. The summed E-state index contributed by atoms with van der Waals surface area (Å²) in [7, 11) is 1.64. The van der Waals surface area contributed by atoms with Crippen LogP contribution in [0.2, 0.25) is 0 Å². The molecule has 0 bridgehead atoms. The average molecular weight is 476 g/mol. The standard InChI is InChI=1S/C27H21N7O2/c1-36-20-10-8-18(9-11-20)12-14-33-17-29-25-23(27(33)35)24-26(32-22-7-3-2-6-21(22)31-24)34(25)30-16-19-5-4-13-28-15-19/h2-11,13,15-17H,12,14H2,1H3. The lowest BCUT2D eigenvalue weighted by atomic mass is 10.1. The third kappa shape index (κ3) is 3.86. The summed E-state index contributed by atoms with van der Waals surface area (Å²) in [6.07, 6.45) is 7.30. The second kappa shape index (κ2) is 9.03. The molecule has 0 atom stereocenters. The lowest BCUT2D eigenvalue weighted by Gasteiger charge is -2.07. The summed E-state index contributed by atoms with van der Waals surface area (Å²) in [4.78, 5) is 32.0. The Bertz CT molecular complexity index is 1790. The molecule has 36 heavy (non-hydrogen) atoms. The minimum Gasteiger partial charge on any atom is -0.497 e. The number of aromatic nitrogens is 6. The topological polar surface area (TPSA) is 100 Å². The highest BCUT2D eigenvalue weighted by Crippen LogP contribution is 2.25. The first-order valence-electron chi connectivity index (χ1n) is 11.4. The molecule has 0 spiro atoms. The summed E-state index contributed by atoms with van der Waals surface area (Å²) in [6, 6.07) is 19.1. The van der Waals surface area contributed by atoms with Gasteiger partial charge in [-0.15, -0.1) is 0 Å². The van der Waals surface area contributed by atoms with Crippen LogP contribution >= 0.6 is 0 Å². The fraction of sp³-hybridized carbons (Fsp3) is 0.111. The Morgan fingerprint density at radius 2 is 1.78 bits per heavy atom. The molecule has 2 aromatic carbocycles. The molecule has 9 nitrogen and oxygen atoms in total. The number of hydrogen-bond donors (Lipinski definition) is 0. The molecule has 0 radical (unpaired) electrons. The molecular formula is C27H21N7O2. The van der Waals surface area contributed by atoms with Gasteiger partial charge in [0, 0.05) is 24.5 Å². The zero-order chi connectivity index (χ0) is 24.5. The molecule has 0 amide bonds. The van der Waals surface area contributed by atoms with Gasteiger partial charge >= 0.3 is 0 Å². The highest BCUT2D eigenvalue weighted by atomic mass is 16.5. The van der Waals surface area contributed by atoms with E-state index in [1.807, 2.05) is 60.7 Å². The third-order valence-corrected chi connectivity index (χ3v) is 6.02. The van der Waals surface area contributed by atoms with E-state index in [1.165, 1.54) is 0 Å². The molecule has 4 aromatic heterocycles. The van der Waals surface area contributed by atoms with Crippen LogP contribution in [0.25, 0.3) is 33.2 Å². The Hall–Kier alpha value is -4.92. The largest absolute Gasteiger partial charge is 0.497 e. The highest BCUT2D eigenvalue weighted by molar-refractivity contribution is 6.04. The van der Waals surface area contributed by atoms with Crippen molar-refractivity contribution < 1.29 is 4.74 Å². The molecule has 0 fully saturated rings. The van der Waals surface area contributed by atoms with Crippen molar-refractivity contribution in [3.05, 3.63) is 101 Å². The molecule has 176 valence electrons. The minimum absolute atomic E-state index is 0.182. The minimum atomic E-state index is -0.182. The number of aryl methyl sites for hydroxylation is 2. The summed E-state index contributed by atoms with van der Waals surface area (Å²) >= 11 is 0. The van der Waals surface area contributed by atoms with Crippen LogP contribution in [0.1, 0.15) is 11.1 Å². The van der Waals surface area contributed by atoms with E-state index >= 15 is 0 Å². The van der Waals surface area contributed by atoms with E-state index in [1.54, 1.807) is 41.3 Å². The summed E-state index contributed by atoms with van der Waals surface area (Å²) in [5.41, 5.74) is 4.50. The molecule has 6 aromatic rings. The van der Waals surface area contributed by atoms with Gasteiger partial charge in [-0.25, -0.2) is 15.0 Å². The third-order valence-electron chi connectivity index (χ3n) is 6.02. The second-order valence-electron chi connectivity index (χ2n) is 8.27. The lowest BCUT2D eigenvalue weighted by molar-refractivity contribution is 0.414. The predicted molar refractivity (Wildman–Crippen MR) is 139 cm³/mol. The number of ether oxygens (including phenoxy) is 1. The van der Waals surface area contributed by atoms with Crippen molar-refractivity contribution in [3.63, 3.8) is 0 Å². The first-order valence-corrected chi connectivity index (χ1v) is 11.4. The van der Waals surface area contributed by atoms with Crippen LogP contribution < -0.4 is 10.3 Å². The summed E-state index contributed by atoms with van der Waals surface area (Å²) in [5, 5.41) is 5.00. The van der Waals surface area contributed by atoms with Gasteiger partial charge in [-0.1, -0.05) is 30.3 Å². The average Bonchev–Trinajstić information content (AvgIpc) is 3.24. The molecule has 0 saturated carbocycles. The van der Waals surface area contributed by atoms with Crippen molar-refractivity contribution in [2.75, 3.05) is 7.11 Å². The molecule has 9 heteroatoms. The summed E-state index contributed by atoms with van der Waals surface area (Å²) in [6.45, 7) is 0.473. The SMILES string of the molecule is COc1ccc(CCn2cnc3c(c2=O)c2nc4ccccc4nc2n3N=Cc2cccnc2)cc1. The Balaban J connectivity index is 1.49. The quantitative estimate of drug-likeness (QED) is 0.340. The smallest absolute Gasteiger partial charge is 0.265 e. The Morgan fingerprint density at radius 1 is 0.972 bits per heavy atom. The van der Waals surface area contributed by atoms with Gasteiger partial charge in [0.15, 0.2) is 11.3 Å². The van der Waals surface area contributed by atoms with E-state index in [4.69, 9.17) is 14.7 Å². The van der Waals surface area contributed by atoms with Crippen molar-refractivity contribution in [3.8, 4) is 5.75 Å². The van der Waals surface area contributed by atoms with Gasteiger partial charge in [0.2, 0.25) is 0 Å². The van der Waals surface area contributed by atoms with Crippen LogP contribution in [-0.4, -0.2) is 42.5 Å². The van der Waals surface area contributed by atoms with Crippen molar-refractivity contribution in [1.29, 1.82) is 0 Å². The van der Waals surface area contributed by atoms with Gasteiger partial charge in [0.1, 0.15) is 16.7 Å². The Morgan fingerprint density at radius 3 is 2.53 bits per heavy atom. The second-order valence-corrected chi connectivity index (χ2v) is 8.27. The Kier molecular flexibility index (Phi) is 5.42. The monoisotopic (exact) mass is 475 g/mol. The van der Waals surface area contributed by atoms with Gasteiger partial charge in [-0.2, -0.15) is 9.78 Å². The zero-order valence-electron chi connectivity index (χ0n) is 19.4. The maximum Gasteiger partial charge on any atom is 0.265 e. The number of pyridine rings is 1. The zero-order valence-corrected chi connectivity index (χ0v) is 19.4. The van der Waals surface area contributed by atoms with Crippen molar-refractivity contribution in [2.45, 2.75) is 13.0 Å². The highest BCUT2D eigenvalue weighted by Gasteiger charge is 2.19. The maximum atomic E-state index is 13.6. The number of nitrogens with zero attached hydrogens (tertiary/aromatic N) is 7. The van der Waals surface area contributed by atoms with Crippen LogP contribution in [0.15, 0.2) is 89.3 Å². The fourth-order valence-electron chi connectivity index (χ4n) is 4.14. The first kappa shape index (κ1) is 21.6. The van der Waals surface area contributed by atoms with Crippen LogP contribution in [0.4, 0.5) is 0 Å². The fourth-order valence-corrected chi connectivity index (χ4v) is 4.14. The molecule has 0 N–H and O–H groups in total. The van der Waals surface area contributed by atoms with E-state index < -0.39 is 0 Å². The molecule has 0 aliphatic carbocycles. The van der Waals surface area contributed by atoms with Crippen LogP contribution in [0, 0.1) is 0 Å². The number of para-hydroxylation sites is 2. The van der Waals surface area contributed by atoms with Crippen molar-refractivity contribution in [1.82, 2.24) is 29.2 Å². The van der Waals surface area contributed by atoms with Crippen LogP contribution in [0.3, 0.4) is 0 Å². The summed E-state index contributed by atoms with van der Waals surface area (Å²) < 4.78 is 8.41. The molecule has 6 rings (SSSR count). The van der Waals surface area contributed by atoms with E-state index in [-0.39, 0.29) is 5.56 Å². The molecule has 0 aliphatic heterocycles. The van der Waals surface area contributed by atoms with Gasteiger partial charge in [-0.05, 0) is 42.3 Å². The van der Waals surface area contributed by atoms with Crippen molar-refractivity contribution >= 4 is 39.4 Å². The van der Waals surface area contributed by atoms with Gasteiger partial charge in [0.05, 0.1) is 30.7 Å². The maximum absolute atomic E-state index is 13.6. The Labute approximate surface area is 205 Å². The van der Waals surface area contributed by atoms with E-state index in [0.717, 1.165) is 16.9 Å². The first-order chi connectivity index (χ1) is 17.7. The lowest BCUT2D eigenvalue weighted by Crippen LogP contribution is -2.21. The van der Waals surface area contributed by atoms with Crippen LogP contribution in [-0.2, 0) is 13.0 Å². The summed E-state index contributed by atoms with van der Waals surface area (Å²) in [5.74, 6) is 0.796. The number of rotatable bonds is 6. The van der Waals surface area contributed by atoms with Gasteiger partial charge in [0.25, 0.3) is 5.56 Å². The van der Waals surface area contributed by atoms with Gasteiger partial charge in [-0.3, -0.25) is 14.3 Å². The van der Waals surface area contributed by atoms with E-state index in [9.17, 15) is 4.79 Å². The molecular weight excluding hydrogens is 454 g/mol. The van der Waals surface area contributed by atoms with Crippen LogP contribution in [0.5, 0.6) is 5.75 Å². The normalized spacial score (nSPS) is 11.7. The van der Waals surface area contributed by atoms with Crippen molar-refractivity contribution in [2.24, 2.45) is 5.10 Å². The molecule has 0 unspecified atom stereocenters. The molecule has 0 saturated heterocycles. The van der Waals surface area contributed by atoms with Gasteiger partial charge < -0.3 is 4.74 Å².